The maximum absolute atomic E-state index is 13.0. The third-order valence-electron chi connectivity index (χ3n) is 5.34. The third-order valence-corrected chi connectivity index (χ3v) is 5.34. The van der Waals surface area contributed by atoms with E-state index in [1.165, 1.54) is 11.3 Å². The largest absolute Gasteiger partial charge is 0.368 e. The third kappa shape index (κ3) is 4.40. The summed E-state index contributed by atoms with van der Waals surface area (Å²) in [5.41, 5.74) is 5.26. The number of rotatable bonds is 4. The maximum Gasteiger partial charge on any atom is 0.254 e. The Kier molecular flexibility index (Phi) is 5.47. The van der Waals surface area contributed by atoms with Crippen LogP contribution in [-0.4, -0.2) is 42.0 Å². The molecule has 29 heavy (non-hydrogen) atoms. The molecule has 1 amide bonds. The van der Waals surface area contributed by atoms with Gasteiger partial charge in [-0.05, 0) is 49.7 Å². The highest BCUT2D eigenvalue weighted by atomic mass is 16.2. The lowest BCUT2D eigenvalue weighted by Crippen LogP contribution is -2.48. The summed E-state index contributed by atoms with van der Waals surface area (Å²) in [5, 5.41) is 3.34. The molecule has 0 bridgehead atoms. The number of hydrogen-bond acceptors (Lipinski definition) is 4. The van der Waals surface area contributed by atoms with Crippen molar-refractivity contribution >= 4 is 23.1 Å². The minimum atomic E-state index is 0.0591. The number of amides is 1. The summed E-state index contributed by atoms with van der Waals surface area (Å²) in [6.45, 7) is 7.26. The van der Waals surface area contributed by atoms with Gasteiger partial charge < -0.3 is 15.1 Å². The average Bonchev–Trinajstić information content (AvgIpc) is 2.76. The first-order valence-electron chi connectivity index (χ1n) is 10.00. The number of nitrogens with zero attached hydrogens (tertiary/aromatic N) is 3. The summed E-state index contributed by atoms with van der Waals surface area (Å²) in [6.07, 6.45) is 1.69. The standard InChI is InChI=1S/C24H26N4O/c1-18-8-9-22(19(2)16-18)26-23-17-20(10-11-25-23)24(29)28-14-12-27(13-15-28)21-6-4-3-5-7-21/h3-11,16-17H,12-15H2,1-2H3,(H,25,26). The summed E-state index contributed by atoms with van der Waals surface area (Å²) >= 11 is 0. The molecular formula is C24H26N4O. The fraction of sp³-hybridized carbons (Fsp3) is 0.250. The first-order chi connectivity index (χ1) is 14.1. The smallest absolute Gasteiger partial charge is 0.254 e. The second-order valence-corrected chi connectivity index (χ2v) is 7.49. The number of aryl methyl sites for hydroxylation is 2. The van der Waals surface area contributed by atoms with Crippen LogP contribution >= 0.6 is 0 Å². The van der Waals surface area contributed by atoms with Crippen molar-refractivity contribution in [3.8, 4) is 0 Å². The lowest BCUT2D eigenvalue weighted by molar-refractivity contribution is 0.0746. The highest BCUT2D eigenvalue weighted by Gasteiger charge is 2.22. The summed E-state index contributed by atoms with van der Waals surface area (Å²) in [4.78, 5) is 21.6. The lowest BCUT2D eigenvalue weighted by Gasteiger charge is -2.36. The molecule has 1 aliphatic heterocycles. The van der Waals surface area contributed by atoms with E-state index >= 15 is 0 Å². The molecule has 1 fully saturated rings. The number of nitrogens with one attached hydrogen (secondary N) is 1. The van der Waals surface area contributed by atoms with E-state index in [9.17, 15) is 4.79 Å². The summed E-state index contributed by atoms with van der Waals surface area (Å²) in [5.74, 6) is 0.745. The van der Waals surface area contributed by atoms with Gasteiger partial charge in [0.2, 0.25) is 0 Å². The topological polar surface area (TPSA) is 48.5 Å². The molecular weight excluding hydrogens is 360 g/mol. The Morgan fingerprint density at radius 1 is 0.931 bits per heavy atom. The van der Waals surface area contributed by atoms with Gasteiger partial charge in [0.15, 0.2) is 0 Å². The number of hydrogen-bond donors (Lipinski definition) is 1. The van der Waals surface area contributed by atoms with E-state index in [1.807, 2.05) is 35.2 Å². The van der Waals surface area contributed by atoms with Gasteiger partial charge in [0.25, 0.3) is 5.91 Å². The Labute approximate surface area is 172 Å². The molecule has 0 unspecified atom stereocenters. The molecule has 5 heteroatoms. The van der Waals surface area contributed by atoms with Gasteiger partial charge in [-0.3, -0.25) is 4.79 Å². The number of aromatic nitrogens is 1. The van der Waals surface area contributed by atoms with Gasteiger partial charge >= 0.3 is 0 Å². The zero-order valence-electron chi connectivity index (χ0n) is 16.9. The molecule has 4 rings (SSSR count). The molecule has 0 aliphatic carbocycles. The van der Waals surface area contributed by atoms with Gasteiger partial charge in [-0.2, -0.15) is 0 Å². The Morgan fingerprint density at radius 2 is 1.69 bits per heavy atom. The molecule has 5 nitrogen and oxygen atoms in total. The Hall–Kier alpha value is -3.34. The molecule has 0 spiro atoms. The molecule has 1 saturated heterocycles. The highest BCUT2D eigenvalue weighted by Crippen LogP contribution is 2.22. The van der Waals surface area contributed by atoms with Crippen LogP contribution in [0.1, 0.15) is 21.5 Å². The number of para-hydroxylation sites is 1. The molecule has 2 heterocycles. The van der Waals surface area contributed by atoms with Crippen molar-refractivity contribution < 1.29 is 4.79 Å². The number of piperazine rings is 1. The predicted molar refractivity (Wildman–Crippen MR) is 118 cm³/mol. The molecule has 0 saturated carbocycles. The quantitative estimate of drug-likeness (QED) is 0.722. The fourth-order valence-corrected chi connectivity index (χ4v) is 3.71. The molecule has 1 N–H and O–H groups in total. The minimum absolute atomic E-state index is 0.0591. The van der Waals surface area contributed by atoms with Crippen LogP contribution in [0, 0.1) is 13.8 Å². The van der Waals surface area contributed by atoms with Crippen LogP contribution in [0.2, 0.25) is 0 Å². The van der Waals surface area contributed by atoms with Gasteiger partial charge in [-0.15, -0.1) is 0 Å². The normalized spacial score (nSPS) is 14.0. The van der Waals surface area contributed by atoms with E-state index in [0.29, 0.717) is 11.4 Å². The maximum atomic E-state index is 13.0. The van der Waals surface area contributed by atoms with E-state index in [0.717, 1.165) is 37.4 Å². The molecule has 0 radical (unpaired) electrons. The van der Waals surface area contributed by atoms with Gasteiger partial charge in [0.1, 0.15) is 5.82 Å². The molecule has 2 aromatic carbocycles. The molecule has 0 atom stereocenters. The van der Waals surface area contributed by atoms with Gasteiger partial charge in [0.05, 0.1) is 0 Å². The summed E-state index contributed by atoms with van der Waals surface area (Å²) in [7, 11) is 0. The first-order valence-corrected chi connectivity index (χ1v) is 10.00. The molecule has 1 aromatic heterocycles. The van der Waals surface area contributed by atoms with Gasteiger partial charge in [0, 0.05) is 49.3 Å². The average molecular weight is 386 g/mol. The Bertz CT molecular complexity index is 995. The predicted octanol–water partition coefficient (Wildman–Crippen LogP) is 4.40. The SMILES string of the molecule is Cc1ccc(Nc2cc(C(=O)N3CCN(c4ccccc4)CC3)ccn2)c(C)c1. The van der Waals surface area contributed by atoms with E-state index in [-0.39, 0.29) is 5.91 Å². The molecule has 1 aliphatic rings. The highest BCUT2D eigenvalue weighted by molar-refractivity contribution is 5.95. The summed E-state index contributed by atoms with van der Waals surface area (Å²) in [6, 6.07) is 20.2. The monoisotopic (exact) mass is 386 g/mol. The van der Waals surface area contributed by atoms with E-state index in [2.05, 4.69) is 53.3 Å². The second kappa shape index (κ2) is 8.35. The number of carbonyl (C=O) groups excluding carboxylic acids is 1. The van der Waals surface area contributed by atoms with Gasteiger partial charge in [-0.25, -0.2) is 4.98 Å². The molecule has 3 aromatic rings. The van der Waals surface area contributed by atoms with Crippen LogP contribution in [-0.2, 0) is 0 Å². The zero-order chi connectivity index (χ0) is 20.2. The van der Waals surface area contributed by atoms with Crippen molar-refractivity contribution in [2.75, 3.05) is 36.4 Å². The van der Waals surface area contributed by atoms with Crippen LogP contribution in [0.5, 0.6) is 0 Å². The second-order valence-electron chi connectivity index (χ2n) is 7.49. The Balaban J connectivity index is 1.42. The van der Waals surface area contributed by atoms with Crippen LogP contribution in [0.25, 0.3) is 0 Å². The fourth-order valence-electron chi connectivity index (χ4n) is 3.71. The van der Waals surface area contributed by atoms with Crippen molar-refractivity contribution in [2.45, 2.75) is 13.8 Å². The summed E-state index contributed by atoms with van der Waals surface area (Å²) < 4.78 is 0. The van der Waals surface area contributed by atoms with Crippen LogP contribution < -0.4 is 10.2 Å². The number of anilines is 3. The molecule has 148 valence electrons. The number of pyridine rings is 1. The van der Waals surface area contributed by atoms with E-state index in [1.54, 1.807) is 12.3 Å². The van der Waals surface area contributed by atoms with E-state index < -0.39 is 0 Å². The van der Waals surface area contributed by atoms with Crippen molar-refractivity contribution in [1.82, 2.24) is 9.88 Å². The number of benzene rings is 2. The van der Waals surface area contributed by atoms with Crippen LogP contribution in [0.3, 0.4) is 0 Å². The van der Waals surface area contributed by atoms with Gasteiger partial charge in [-0.1, -0.05) is 35.9 Å². The number of carbonyl (C=O) groups is 1. The zero-order valence-corrected chi connectivity index (χ0v) is 16.9. The van der Waals surface area contributed by atoms with Crippen molar-refractivity contribution in [3.05, 3.63) is 83.6 Å². The van der Waals surface area contributed by atoms with Crippen molar-refractivity contribution in [2.24, 2.45) is 0 Å². The van der Waals surface area contributed by atoms with Crippen LogP contribution in [0.4, 0.5) is 17.2 Å². The first kappa shape index (κ1) is 19.0. The minimum Gasteiger partial charge on any atom is -0.368 e. The lowest BCUT2D eigenvalue weighted by atomic mass is 10.1. The van der Waals surface area contributed by atoms with Crippen molar-refractivity contribution in [1.29, 1.82) is 0 Å². The van der Waals surface area contributed by atoms with Crippen molar-refractivity contribution in [3.63, 3.8) is 0 Å². The van der Waals surface area contributed by atoms with Crippen LogP contribution in [0.15, 0.2) is 66.9 Å². The van der Waals surface area contributed by atoms with E-state index in [4.69, 9.17) is 0 Å². The Morgan fingerprint density at radius 3 is 2.41 bits per heavy atom.